The van der Waals surface area contributed by atoms with Crippen molar-refractivity contribution in [3.8, 4) is 28.4 Å². The van der Waals surface area contributed by atoms with Gasteiger partial charge in [-0.05, 0) is 71.5 Å². The van der Waals surface area contributed by atoms with Gasteiger partial charge < -0.3 is 20.6 Å². The van der Waals surface area contributed by atoms with Crippen LogP contribution in [0.25, 0.3) is 11.1 Å². The third-order valence-corrected chi connectivity index (χ3v) is 8.52. The number of hydrogen-bond acceptors (Lipinski definition) is 6. The van der Waals surface area contributed by atoms with Crippen LogP contribution < -0.4 is 5.32 Å². The molecular formula is C30H28ClNO6S. The van der Waals surface area contributed by atoms with Crippen molar-refractivity contribution < 1.29 is 28.5 Å². The van der Waals surface area contributed by atoms with Crippen LogP contribution in [-0.4, -0.2) is 29.6 Å². The number of nitrogens with one attached hydrogen (secondary N) is 1. The fourth-order valence-corrected chi connectivity index (χ4v) is 6.23. The van der Waals surface area contributed by atoms with E-state index < -0.39 is 38.4 Å². The van der Waals surface area contributed by atoms with Crippen LogP contribution in [-0.2, 0) is 15.3 Å². The van der Waals surface area contributed by atoms with E-state index in [1.807, 2.05) is 20.8 Å². The molecule has 0 aromatic heterocycles. The molecule has 0 spiro atoms. The lowest BCUT2D eigenvalue weighted by Crippen LogP contribution is -2.17. The van der Waals surface area contributed by atoms with Gasteiger partial charge in [0.25, 0.3) is 5.91 Å². The second-order valence-electron chi connectivity index (χ2n) is 10.2. The number of phenolic OH excluding ortho intramolecular Hbond substituents is 3. The van der Waals surface area contributed by atoms with Gasteiger partial charge in [0, 0.05) is 16.3 Å². The number of rotatable bonds is 5. The Bertz CT molecular complexity index is 1670. The van der Waals surface area contributed by atoms with Gasteiger partial charge in [-0.1, -0.05) is 62.7 Å². The molecule has 202 valence electrons. The molecule has 0 saturated heterocycles. The van der Waals surface area contributed by atoms with Crippen LogP contribution in [0.1, 0.15) is 42.3 Å². The van der Waals surface area contributed by atoms with E-state index in [1.54, 1.807) is 48.5 Å². The fourth-order valence-electron chi connectivity index (χ4n) is 4.44. The number of carbonyl (C=O) groups is 1. The summed E-state index contributed by atoms with van der Waals surface area (Å²) in [4.78, 5) is 13.5. The van der Waals surface area contributed by atoms with Gasteiger partial charge in [-0.15, -0.1) is 0 Å². The molecule has 0 radical (unpaired) electrons. The molecule has 0 aliphatic heterocycles. The molecule has 0 fully saturated rings. The first kappa shape index (κ1) is 28.0. The minimum Gasteiger partial charge on any atom is -0.504 e. The molecule has 0 atom stereocenters. The van der Waals surface area contributed by atoms with E-state index in [2.05, 4.69) is 5.32 Å². The molecule has 0 unspecified atom stereocenters. The molecular weight excluding hydrogens is 538 g/mol. The zero-order chi connectivity index (χ0) is 28.7. The van der Waals surface area contributed by atoms with Crippen molar-refractivity contribution in [2.24, 2.45) is 0 Å². The van der Waals surface area contributed by atoms with E-state index in [4.69, 9.17) is 11.6 Å². The maximum atomic E-state index is 13.4. The number of phenols is 3. The van der Waals surface area contributed by atoms with E-state index in [1.165, 1.54) is 31.2 Å². The molecule has 0 bridgehead atoms. The molecule has 0 aliphatic rings. The van der Waals surface area contributed by atoms with Crippen molar-refractivity contribution in [2.75, 3.05) is 5.32 Å². The smallest absolute Gasteiger partial charge is 0.259 e. The molecule has 4 aromatic rings. The Morgan fingerprint density at radius 1 is 0.821 bits per heavy atom. The second-order valence-corrected chi connectivity index (χ2v) is 12.5. The number of aromatic hydroxyl groups is 3. The van der Waals surface area contributed by atoms with Crippen LogP contribution >= 0.6 is 11.6 Å². The molecule has 0 aliphatic carbocycles. The van der Waals surface area contributed by atoms with Crippen molar-refractivity contribution in [1.29, 1.82) is 0 Å². The fraction of sp³-hybridized carbons (Fsp3) is 0.167. The Balaban J connectivity index is 1.68. The molecule has 4 N–H and O–H groups in total. The summed E-state index contributed by atoms with van der Waals surface area (Å²) < 4.78 is 26.9. The maximum Gasteiger partial charge on any atom is 0.259 e. The Morgan fingerprint density at radius 3 is 2.00 bits per heavy atom. The third kappa shape index (κ3) is 5.30. The number of anilines is 1. The first-order chi connectivity index (χ1) is 18.2. The molecule has 9 heteroatoms. The first-order valence-corrected chi connectivity index (χ1v) is 13.9. The number of halogens is 1. The highest BCUT2D eigenvalue weighted by Crippen LogP contribution is 2.47. The minimum atomic E-state index is -3.84. The van der Waals surface area contributed by atoms with E-state index in [9.17, 15) is 28.5 Å². The summed E-state index contributed by atoms with van der Waals surface area (Å²) in [6, 6.07) is 18.9. The highest BCUT2D eigenvalue weighted by Gasteiger charge is 2.28. The van der Waals surface area contributed by atoms with Crippen molar-refractivity contribution in [1.82, 2.24) is 0 Å². The van der Waals surface area contributed by atoms with Crippen LogP contribution in [0.15, 0.2) is 82.6 Å². The normalized spacial score (nSPS) is 11.8. The molecule has 0 heterocycles. The lowest BCUT2D eigenvalue weighted by Gasteiger charge is -2.22. The third-order valence-electron chi connectivity index (χ3n) is 6.44. The predicted octanol–water partition coefficient (Wildman–Crippen LogP) is 6.81. The molecule has 4 rings (SSSR count). The Morgan fingerprint density at radius 2 is 1.41 bits per heavy atom. The average molecular weight is 566 g/mol. The van der Waals surface area contributed by atoms with Gasteiger partial charge in [-0.2, -0.15) is 0 Å². The summed E-state index contributed by atoms with van der Waals surface area (Å²) >= 11 is 5.96. The Kier molecular flexibility index (Phi) is 7.38. The van der Waals surface area contributed by atoms with Gasteiger partial charge in [0.1, 0.15) is 0 Å². The molecule has 7 nitrogen and oxygen atoms in total. The van der Waals surface area contributed by atoms with Gasteiger partial charge in [-0.25, -0.2) is 8.42 Å². The SMILES string of the molecule is Cc1c(C(=O)Nc2ccc(S(=O)(=O)c3ccccc3C(C)(C)C)cc2)c(O)c(O)c(O)c1-c1ccc(Cl)cc1. The number of benzene rings is 4. The number of sulfone groups is 1. The summed E-state index contributed by atoms with van der Waals surface area (Å²) in [5, 5.41) is 34.5. The van der Waals surface area contributed by atoms with Crippen molar-refractivity contribution in [2.45, 2.75) is 42.9 Å². The van der Waals surface area contributed by atoms with Crippen LogP contribution in [0, 0.1) is 6.92 Å². The quantitative estimate of drug-likeness (QED) is 0.197. The van der Waals surface area contributed by atoms with Crippen LogP contribution in [0.3, 0.4) is 0 Å². The lowest BCUT2D eigenvalue weighted by molar-refractivity contribution is 0.102. The molecule has 1 amide bonds. The van der Waals surface area contributed by atoms with Crippen molar-refractivity contribution >= 4 is 33.0 Å². The summed E-state index contributed by atoms with van der Waals surface area (Å²) in [7, 11) is -3.84. The molecule has 0 saturated carbocycles. The summed E-state index contributed by atoms with van der Waals surface area (Å²) in [6.07, 6.45) is 0. The van der Waals surface area contributed by atoms with Gasteiger partial charge in [0.15, 0.2) is 11.5 Å². The summed E-state index contributed by atoms with van der Waals surface area (Å²) in [5.74, 6) is -2.95. The highest BCUT2D eigenvalue weighted by molar-refractivity contribution is 7.91. The van der Waals surface area contributed by atoms with E-state index >= 15 is 0 Å². The van der Waals surface area contributed by atoms with E-state index in [-0.39, 0.29) is 32.2 Å². The van der Waals surface area contributed by atoms with Gasteiger partial charge in [-0.3, -0.25) is 4.79 Å². The standard InChI is InChI=1S/C30H28ClNO6S/c1-17-24(18-9-11-19(31)12-10-18)26(33)28(35)27(34)25(17)29(36)32-20-13-15-21(16-14-20)39(37,38)23-8-6-5-7-22(23)30(2,3)4/h5-16,33-35H,1-4H3,(H,32,36). The number of hydrogen-bond donors (Lipinski definition) is 4. The topological polar surface area (TPSA) is 124 Å². The summed E-state index contributed by atoms with van der Waals surface area (Å²) in [6.45, 7) is 7.35. The minimum absolute atomic E-state index is 0.0588. The van der Waals surface area contributed by atoms with Gasteiger partial charge in [0.2, 0.25) is 15.6 Å². The molecule has 39 heavy (non-hydrogen) atoms. The molecule has 4 aromatic carbocycles. The van der Waals surface area contributed by atoms with Crippen molar-refractivity contribution in [3.63, 3.8) is 0 Å². The maximum absolute atomic E-state index is 13.4. The Labute approximate surface area is 232 Å². The number of carbonyl (C=O) groups excluding carboxylic acids is 1. The van der Waals surface area contributed by atoms with E-state index in [0.717, 1.165) is 0 Å². The predicted molar refractivity (Wildman–Crippen MR) is 152 cm³/mol. The monoisotopic (exact) mass is 565 g/mol. The zero-order valence-electron chi connectivity index (χ0n) is 21.8. The largest absolute Gasteiger partial charge is 0.504 e. The average Bonchev–Trinajstić information content (AvgIpc) is 2.88. The second kappa shape index (κ2) is 10.3. The van der Waals surface area contributed by atoms with Crippen LogP contribution in [0.5, 0.6) is 17.2 Å². The zero-order valence-corrected chi connectivity index (χ0v) is 23.4. The van der Waals surface area contributed by atoms with Crippen molar-refractivity contribution in [3.05, 3.63) is 94.5 Å². The van der Waals surface area contributed by atoms with Gasteiger partial charge >= 0.3 is 0 Å². The van der Waals surface area contributed by atoms with Gasteiger partial charge in [0.05, 0.1) is 15.4 Å². The highest BCUT2D eigenvalue weighted by atomic mass is 35.5. The first-order valence-electron chi connectivity index (χ1n) is 12.0. The number of amides is 1. The van der Waals surface area contributed by atoms with Crippen LogP contribution in [0.4, 0.5) is 5.69 Å². The van der Waals surface area contributed by atoms with Crippen LogP contribution in [0.2, 0.25) is 5.02 Å². The summed E-state index contributed by atoms with van der Waals surface area (Å²) in [5.41, 5.74) is 1.18. The Hall–Kier alpha value is -4.01. The lowest BCUT2D eigenvalue weighted by atomic mass is 9.87. The van der Waals surface area contributed by atoms with E-state index in [0.29, 0.717) is 16.1 Å².